The zero-order chi connectivity index (χ0) is 32.6. The molecule has 10 heteroatoms. The normalized spacial score (nSPS) is 12.0. The summed E-state index contributed by atoms with van der Waals surface area (Å²) in [7, 11) is -4.22. The van der Waals surface area contributed by atoms with E-state index in [1.54, 1.807) is 61.5 Å². The van der Waals surface area contributed by atoms with Gasteiger partial charge in [0.2, 0.25) is 11.8 Å². The highest BCUT2D eigenvalue weighted by Crippen LogP contribution is 2.30. The van der Waals surface area contributed by atoms with E-state index in [0.29, 0.717) is 22.2 Å². The van der Waals surface area contributed by atoms with Crippen LogP contribution >= 0.6 is 23.2 Å². The van der Waals surface area contributed by atoms with Crippen molar-refractivity contribution in [3.8, 4) is 0 Å². The summed E-state index contributed by atoms with van der Waals surface area (Å²) in [4.78, 5) is 29.8. The second-order valence-electron chi connectivity index (χ2n) is 11.2. The molecule has 4 aromatic rings. The molecular weight excluding hydrogens is 629 g/mol. The largest absolute Gasteiger partial charge is 0.354 e. The van der Waals surface area contributed by atoms with Crippen LogP contribution in [-0.2, 0) is 32.6 Å². The average molecular weight is 667 g/mol. The third-order valence-corrected chi connectivity index (χ3v) is 9.53. The van der Waals surface area contributed by atoms with Crippen molar-refractivity contribution in [2.75, 3.05) is 17.4 Å². The highest BCUT2D eigenvalue weighted by atomic mass is 35.5. The number of aryl methyl sites for hydroxylation is 1. The van der Waals surface area contributed by atoms with E-state index >= 15 is 0 Å². The molecule has 4 rings (SSSR count). The molecule has 0 aliphatic carbocycles. The smallest absolute Gasteiger partial charge is 0.264 e. The van der Waals surface area contributed by atoms with Crippen LogP contribution in [0.5, 0.6) is 0 Å². The van der Waals surface area contributed by atoms with Crippen molar-refractivity contribution in [1.29, 1.82) is 0 Å². The molecule has 236 valence electrons. The minimum absolute atomic E-state index is 0.0249. The average Bonchev–Trinajstić information content (AvgIpc) is 3.03. The Morgan fingerprint density at radius 1 is 0.800 bits per heavy atom. The second kappa shape index (κ2) is 15.4. The predicted molar refractivity (Wildman–Crippen MR) is 181 cm³/mol. The number of carbonyl (C=O) groups excluding carboxylic acids is 2. The highest BCUT2D eigenvalue weighted by molar-refractivity contribution is 7.92. The van der Waals surface area contributed by atoms with Crippen molar-refractivity contribution in [1.82, 2.24) is 10.2 Å². The quantitative estimate of drug-likeness (QED) is 0.168. The Balaban J connectivity index is 1.82. The van der Waals surface area contributed by atoms with Crippen LogP contribution in [0, 0.1) is 12.8 Å². The number of nitrogens with one attached hydrogen (secondary N) is 1. The third-order valence-electron chi connectivity index (χ3n) is 7.27. The van der Waals surface area contributed by atoms with Crippen molar-refractivity contribution in [2.24, 2.45) is 5.92 Å². The molecule has 0 fully saturated rings. The van der Waals surface area contributed by atoms with Crippen molar-refractivity contribution >= 4 is 50.7 Å². The molecule has 0 aliphatic heterocycles. The van der Waals surface area contributed by atoms with Crippen LogP contribution < -0.4 is 9.62 Å². The number of benzene rings is 4. The number of hydrogen-bond acceptors (Lipinski definition) is 4. The first-order chi connectivity index (χ1) is 21.5. The van der Waals surface area contributed by atoms with E-state index in [2.05, 4.69) is 5.32 Å². The van der Waals surface area contributed by atoms with Crippen molar-refractivity contribution in [3.63, 3.8) is 0 Å². The van der Waals surface area contributed by atoms with Gasteiger partial charge in [0.1, 0.15) is 12.6 Å². The molecule has 0 radical (unpaired) electrons. The van der Waals surface area contributed by atoms with Gasteiger partial charge in [-0.05, 0) is 65.9 Å². The topological polar surface area (TPSA) is 86.8 Å². The van der Waals surface area contributed by atoms with E-state index < -0.39 is 28.5 Å². The van der Waals surface area contributed by atoms with E-state index in [-0.39, 0.29) is 35.4 Å². The fraction of sp³-hybridized carbons (Fsp3) is 0.257. The maximum absolute atomic E-state index is 14.5. The van der Waals surface area contributed by atoms with Gasteiger partial charge in [-0.1, -0.05) is 104 Å². The first kappa shape index (κ1) is 34.0. The Morgan fingerprint density at radius 3 is 2.02 bits per heavy atom. The summed E-state index contributed by atoms with van der Waals surface area (Å²) in [6.45, 7) is 5.65. The molecule has 0 aliphatic rings. The van der Waals surface area contributed by atoms with Crippen LogP contribution in [0.1, 0.15) is 30.5 Å². The lowest BCUT2D eigenvalue weighted by Gasteiger charge is -2.34. The zero-order valence-electron chi connectivity index (χ0n) is 25.5. The summed E-state index contributed by atoms with van der Waals surface area (Å²) < 4.78 is 29.4. The number of sulfonamides is 1. The lowest BCUT2D eigenvalue weighted by molar-refractivity contribution is -0.140. The van der Waals surface area contributed by atoms with Crippen LogP contribution in [0.25, 0.3) is 0 Å². The molecule has 4 aromatic carbocycles. The summed E-state index contributed by atoms with van der Waals surface area (Å²) in [5, 5.41) is 3.84. The molecule has 45 heavy (non-hydrogen) atoms. The van der Waals surface area contributed by atoms with Gasteiger partial charge in [-0.25, -0.2) is 8.42 Å². The van der Waals surface area contributed by atoms with Crippen molar-refractivity contribution < 1.29 is 18.0 Å². The molecule has 0 saturated carbocycles. The predicted octanol–water partition coefficient (Wildman–Crippen LogP) is 6.91. The number of halogens is 2. The number of rotatable bonds is 13. The number of carbonyl (C=O) groups is 2. The SMILES string of the molecule is Cc1ccc(Cl)cc1N(CC(=O)N(Cc1ccc(Cl)cc1)[C@H](Cc1ccccc1)C(=O)NCC(C)C)S(=O)(=O)c1ccccc1. The molecule has 0 unspecified atom stereocenters. The number of hydrogen-bond donors (Lipinski definition) is 1. The van der Waals surface area contributed by atoms with E-state index in [0.717, 1.165) is 15.4 Å². The fourth-order valence-corrected chi connectivity index (χ4v) is 6.63. The third kappa shape index (κ3) is 9.10. The van der Waals surface area contributed by atoms with Crippen LogP contribution in [0.4, 0.5) is 5.69 Å². The van der Waals surface area contributed by atoms with Gasteiger partial charge in [0.05, 0.1) is 10.6 Å². The number of anilines is 1. The summed E-state index contributed by atoms with van der Waals surface area (Å²) in [6.07, 6.45) is 0.228. The lowest BCUT2D eigenvalue weighted by atomic mass is 10.0. The Bertz CT molecular complexity index is 1700. The van der Waals surface area contributed by atoms with Gasteiger partial charge in [-0.3, -0.25) is 13.9 Å². The number of nitrogens with zero attached hydrogens (tertiary/aromatic N) is 2. The van der Waals surface area contributed by atoms with E-state index in [4.69, 9.17) is 23.2 Å². The first-order valence-corrected chi connectivity index (χ1v) is 16.8. The summed E-state index contributed by atoms with van der Waals surface area (Å²) >= 11 is 12.5. The van der Waals surface area contributed by atoms with Crippen LogP contribution in [-0.4, -0.2) is 44.3 Å². The zero-order valence-corrected chi connectivity index (χ0v) is 27.8. The summed E-state index contributed by atoms with van der Waals surface area (Å²) in [5.41, 5.74) is 2.48. The number of amides is 2. The highest BCUT2D eigenvalue weighted by Gasteiger charge is 2.35. The van der Waals surface area contributed by atoms with Gasteiger partial charge < -0.3 is 10.2 Å². The summed E-state index contributed by atoms with van der Waals surface area (Å²) in [6, 6.07) is 28.3. The van der Waals surface area contributed by atoms with Crippen LogP contribution in [0.3, 0.4) is 0 Å². The minimum Gasteiger partial charge on any atom is -0.354 e. The van der Waals surface area contributed by atoms with E-state index in [1.807, 2.05) is 44.2 Å². The molecule has 0 spiro atoms. The van der Waals surface area contributed by atoms with Gasteiger partial charge in [0, 0.05) is 29.6 Å². The van der Waals surface area contributed by atoms with E-state index in [1.165, 1.54) is 23.1 Å². The molecule has 2 amide bonds. The maximum atomic E-state index is 14.5. The maximum Gasteiger partial charge on any atom is 0.264 e. The minimum atomic E-state index is -4.22. The molecule has 7 nitrogen and oxygen atoms in total. The molecule has 0 saturated heterocycles. The molecule has 0 bridgehead atoms. The van der Waals surface area contributed by atoms with Crippen LogP contribution in [0.2, 0.25) is 10.0 Å². The van der Waals surface area contributed by atoms with Gasteiger partial charge in [-0.15, -0.1) is 0 Å². The van der Waals surface area contributed by atoms with Gasteiger partial charge in [0.15, 0.2) is 0 Å². The van der Waals surface area contributed by atoms with E-state index in [9.17, 15) is 18.0 Å². The monoisotopic (exact) mass is 665 g/mol. The molecular formula is C35H37Cl2N3O4S. The molecule has 0 aromatic heterocycles. The fourth-order valence-electron chi connectivity index (χ4n) is 4.85. The lowest BCUT2D eigenvalue weighted by Crippen LogP contribution is -2.53. The van der Waals surface area contributed by atoms with Crippen molar-refractivity contribution in [2.45, 2.75) is 44.7 Å². The Morgan fingerprint density at radius 2 is 1.40 bits per heavy atom. The molecule has 0 heterocycles. The van der Waals surface area contributed by atoms with Gasteiger partial charge in [0.25, 0.3) is 10.0 Å². The molecule has 1 atom stereocenters. The second-order valence-corrected chi connectivity index (χ2v) is 14.0. The van der Waals surface area contributed by atoms with Crippen LogP contribution in [0.15, 0.2) is 108 Å². The summed E-state index contributed by atoms with van der Waals surface area (Å²) in [5.74, 6) is -0.695. The Hall–Kier alpha value is -3.85. The Labute approximate surface area is 275 Å². The van der Waals surface area contributed by atoms with Gasteiger partial charge in [-0.2, -0.15) is 0 Å². The van der Waals surface area contributed by atoms with Crippen molar-refractivity contribution in [3.05, 3.63) is 130 Å². The molecule has 1 N–H and O–H groups in total. The Kier molecular flexibility index (Phi) is 11.7. The van der Waals surface area contributed by atoms with Gasteiger partial charge >= 0.3 is 0 Å². The first-order valence-electron chi connectivity index (χ1n) is 14.6. The standard InChI is InChI=1S/C35H37Cl2N3O4S/c1-25(2)22-38-35(42)33(20-27-10-6-4-7-11-27)39(23-28-15-18-29(36)19-16-28)34(41)24-40(32-21-30(37)17-14-26(32)3)45(43,44)31-12-8-5-9-13-31/h4-19,21,25,33H,20,22-24H2,1-3H3,(H,38,42)/t33-/m1/s1.